The minimum atomic E-state index is 0.0204. The van der Waals surface area contributed by atoms with Crippen molar-refractivity contribution in [2.45, 2.75) is 6.92 Å². The molecule has 3 heteroatoms. The molecule has 0 aliphatic heterocycles. The first-order chi connectivity index (χ1) is 8.70. The molecule has 3 rings (SSSR count). The molecule has 0 bridgehead atoms. The first kappa shape index (κ1) is 10.8. The van der Waals surface area contributed by atoms with Crippen molar-refractivity contribution in [2.24, 2.45) is 0 Å². The molecule has 0 saturated carbocycles. The number of aryl methyl sites for hydroxylation is 1. The standard InChI is InChI=1S/C15H12O3/c1-9-8-18-13-6-3-10-7-11(17-2)4-5-12(10)14(13)15(9)16/h3-8H,1-2H3. The summed E-state index contributed by atoms with van der Waals surface area (Å²) in [5.74, 6) is 0.777. The lowest BCUT2D eigenvalue weighted by atomic mass is 10.0. The fraction of sp³-hybridized carbons (Fsp3) is 0.133. The lowest BCUT2D eigenvalue weighted by Gasteiger charge is -2.05. The Morgan fingerprint density at radius 2 is 2.00 bits per heavy atom. The van der Waals surface area contributed by atoms with E-state index in [9.17, 15) is 4.79 Å². The smallest absolute Gasteiger partial charge is 0.196 e. The first-order valence-electron chi connectivity index (χ1n) is 5.69. The van der Waals surface area contributed by atoms with Crippen LogP contribution in [0.2, 0.25) is 0 Å². The van der Waals surface area contributed by atoms with E-state index < -0.39 is 0 Å². The second kappa shape index (κ2) is 3.88. The summed E-state index contributed by atoms with van der Waals surface area (Å²) < 4.78 is 10.6. The van der Waals surface area contributed by atoms with Gasteiger partial charge in [-0.05, 0) is 42.0 Å². The summed E-state index contributed by atoms with van der Waals surface area (Å²) in [4.78, 5) is 12.2. The van der Waals surface area contributed by atoms with Crippen LogP contribution in [0, 0.1) is 6.92 Å². The molecule has 0 atom stereocenters. The fourth-order valence-electron chi connectivity index (χ4n) is 2.15. The van der Waals surface area contributed by atoms with Gasteiger partial charge in [-0.3, -0.25) is 4.79 Å². The van der Waals surface area contributed by atoms with Gasteiger partial charge in [0.25, 0.3) is 0 Å². The number of methoxy groups -OCH3 is 1. The normalized spacial score (nSPS) is 11.0. The highest BCUT2D eigenvalue weighted by Crippen LogP contribution is 2.26. The van der Waals surface area contributed by atoms with Crippen molar-refractivity contribution < 1.29 is 9.15 Å². The number of hydrogen-bond donors (Lipinski definition) is 0. The van der Waals surface area contributed by atoms with Gasteiger partial charge in [-0.1, -0.05) is 6.07 Å². The molecule has 0 aliphatic carbocycles. The number of benzene rings is 2. The van der Waals surface area contributed by atoms with Crippen LogP contribution in [0.15, 0.2) is 45.8 Å². The van der Waals surface area contributed by atoms with Gasteiger partial charge in [-0.2, -0.15) is 0 Å². The highest BCUT2D eigenvalue weighted by atomic mass is 16.5. The molecule has 0 unspecified atom stereocenters. The van der Waals surface area contributed by atoms with Crippen molar-refractivity contribution in [3.63, 3.8) is 0 Å². The quantitative estimate of drug-likeness (QED) is 0.613. The average Bonchev–Trinajstić information content (AvgIpc) is 2.41. The van der Waals surface area contributed by atoms with Crippen LogP contribution < -0.4 is 10.2 Å². The number of rotatable bonds is 1. The van der Waals surface area contributed by atoms with Crippen LogP contribution >= 0.6 is 0 Å². The van der Waals surface area contributed by atoms with Gasteiger partial charge in [0.2, 0.25) is 0 Å². The maximum Gasteiger partial charge on any atom is 0.196 e. The van der Waals surface area contributed by atoms with E-state index in [1.54, 1.807) is 14.0 Å². The van der Waals surface area contributed by atoms with Crippen molar-refractivity contribution in [1.82, 2.24) is 0 Å². The van der Waals surface area contributed by atoms with Crippen LogP contribution in [0.5, 0.6) is 5.75 Å². The zero-order valence-corrected chi connectivity index (χ0v) is 10.2. The molecule has 2 aromatic carbocycles. The van der Waals surface area contributed by atoms with Crippen LogP contribution in [0.3, 0.4) is 0 Å². The molecule has 0 radical (unpaired) electrons. The summed E-state index contributed by atoms with van der Waals surface area (Å²) in [7, 11) is 1.63. The molecule has 18 heavy (non-hydrogen) atoms. The van der Waals surface area contributed by atoms with Crippen molar-refractivity contribution in [1.29, 1.82) is 0 Å². The van der Waals surface area contributed by atoms with E-state index in [0.29, 0.717) is 16.5 Å². The van der Waals surface area contributed by atoms with Crippen LogP contribution in [0.25, 0.3) is 21.7 Å². The van der Waals surface area contributed by atoms with Crippen molar-refractivity contribution in [2.75, 3.05) is 7.11 Å². The van der Waals surface area contributed by atoms with Gasteiger partial charge in [-0.25, -0.2) is 0 Å². The Morgan fingerprint density at radius 1 is 1.17 bits per heavy atom. The third-order valence-corrected chi connectivity index (χ3v) is 3.14. The van der Waals surface area contributed by atoms with Gasteiger partial charge in [0.1, 0.15) is 11.3 Å². The molecule has 3 nitrogen and oxygen atoms in total. The molecular weight excluding hydrogens is 228 g/mol. The SMILES string of the molecule is COc1ccc2c(ccc3occ(C)c(=O)c32)c1. The lowest BCUT2D eigenvalue weighted by Crippen LogP contribution is -2.04. The molecule has 1 heterocycles. The Morgan fingerprint density at radius 3 is 2.78 bits per heavy atom. The molecule has 3 aromatic rings. The highest BCUT2D eigenvalue weighted by molar-refractivity contribution is 6.05. The van der Waals surface area contributed by atoms with Crippen LogP contribution in [0.1, 0.15) is 5.56 Å². The van der Waals surface area contributed by atoms with E-state index in [4.69, 9.17) is 9.15 Å². The van der Waals surface area contributed by atoms with Crippen LogP contribution in [-0.4, -0.2) is 7.11 Å². The molecule has 0 fully saturated rings. The van der Waals surface area contributed by atoms with Gasteiger partial charge in [-0.15, -0.1) is 0 Å². The Kier molecular flexibility index (Phi) is 2.33. The van der Waals surface area contributed by atoms with Gasteiger partial charge >= 0.3 is 0 Å². The van der Waals surface area contributed by atoms with Gasteiger partial charge in [0.15, 0.2) is 5.43 Å². The minimum absolute atomic E-state index is 0.0204. The lowest BCUT2D eigenvalue weighted by molar-refractivity contribution is 0.415. The first-order valence-corrected chi connectivity index (χ1v) is 5.69. The van der Waals surface area contributed by atoms with E-state index in [1.165, 1.54) is 6.26 Å². The zero-order valence-electron chi connectivity index (χ0n) is 10.2. The summed E-state index contributed by atoms with van der Waals surface area (Å²) in [5, 5.41) is 2.50. The second-order valence-electron chi connectivity index (χ2n) is 4.27. The van der Waals surface area contributed by atoms with E-state index in [0.717, 1.165) is 16.5 Å². The Labute approximate surface area is 104 Å². The topological polar surface area (TPSA) is 39.4 Å². The second-order valence-corrected chi connectivity index (χ2v) is 4.27. The van der Waals surface area contributed by atoms with E-state index in [2.05, 4.69) is 0 Å². The molecule has 1 aromatic heterocycles. The van der Waals surface area contributed by atoms with Crippen molar-refractivity contribution >= 4 is 21.7 Å². The zero-order chi connectivity index (χ0) is 12.7. The monoisotopic (exact) mass is 240 g/mol. The third-order valence-electron chi connectivity index (χ3n) is 3.14. The maximum absolute atomic E-state index is 12.2. The number of hydrogen-bond acceptors (Lipinski definition) is 3. The molecule has 0 N–H and O–H groups in total. The molecular formula is C15H12O3. The molecule has 0 saturated heterocycles. The number of ether oxygens (including phenoxy) is 1. The van der Waals surface area contributed by atoms with Gasteiger partial charge in [0, 0.05) is 5.56 Å². The summed E-state index contributed by atoms with van der Waals surface area (Å²) >= 11 is 0. The van der Waals surface area contributed by atoms with E-state index in [1.807, 2.05) is 30.3 Å². The van der Waals surface area contributed by atoms with E-state index >= 15 is 0 Å². The largest absolute Gasteiger partial charge is 0.497 e. The summed E-state index contributed by atoms with van der Waals surface area (Å²) in [5.41, 5.74) is 1.25. The summed E-state index contributed by atoms with van der Waals surface area (Å²) in [6.07, 6.45) is 1.50. The Balaban J connectivity index is 2.52. The maximum atomic E-state index is 12.2. The van der Waals surface area contributed by atoms with Gasteiger partial charge < -0.3 is 9.15 Å². The molecule has 90 valence electrons. The summed E-state index contributed by atoms with van der Waals surface area (Å²) in [6, 6.07) is 9.41. The molecule has 0 amide bonds. The minimum Gasteiger partial charge on any atom is -0.497 e. The predicted octanol–water partition coefficient (Wildman–Crippen LogP) is 3.26. The predicted molar refractivity (Wildman–Crippen MR) is 71.3 cm³/mol. The van der Waals surface area contributed by atoms with Gasteiger partial charge in [0.05, 0.1) is 18.8 Å². The number of fused-ring (bicyclic) bond motifs is 3. The third kappa shape index (κ3) is 1.48. The van der Waals surface area contributed by atoms with Crippen LogP contribution in [0.4, 0.5) is 0 Å². The van der Waals surface area contributed by atoms with Crippen molar-refractivity contribution in [3.05, 3.63) is 52.4 Å². The fourth-order valence-corrected chi connectivity index (χ4v) is 2.15. The van der Waals surface area contributed by atoms with E-state index in [-0.39, 0.29) is 5.43 Å². The highest BCUT2D eigenvalue weighted by Gasteiger charge is 2.08. The average molecular weight is 240 g/mol. The molecule has 0 spiro atoms. The van der Waals surface area contributed by atoms with Crippen molar-refractivity contribution in [3.8, 4) is 5.75 Å². The Hall–Kier alpha value is -2.29. The summed E-state index contributed by atoms with van der Waals surface area (Å²) in [6.45, 7) is 1.76. The Bertz CT molecular complexity index is 800. The van der Waals surface area contributed by atoms with Crippen LogP contribution in [-0.2, 0) is 0 Å². The molecule has 0 aliphatic rings.